The van der Waals surface area contributed by atoms with Gasteiger partial charge in [-0.2, -0.15) is 0 Å². The van der Waals surface area contributed by atoms with Crippen LogP contribution < -0.4 is 0 Å². The van der Waals surface area contributed by atoms with Crippen LogP contribution in [-0.2, 0) is 11.2 Å². The molecule has 2 N–H and O–H groups in total. The number of carbonyl (C=O) groups excluding carboxylic acids is 1. The minimum Gasteiger partial charge on any atom is -0.394 e. The third-order valence-electron chi connectivity index (χ3n) is 4.72. The Labute approximate surface area is 117 Å². The number of hydrogen-bond donors (Lipinski definition) is 2. The molecule has 2 atom stereocenters. The van der Waals surface area contributed by atoms with E-state index in [9.17, 15) is 9.90 Å². The van der Waals surface area contributed by atoms with Crippen LogP contribution in [0.25, 0.3) is 10.9 Å². The highest BCUT2D eigenvalue weighted by molar-refractivity contribution is 5.86. The molecule has 0 spiro atoms. The average molecular weight is 270 g/mol. The van der Waals surface area contributed by atoms with Crippen molar-refractivity contribution in [3.63, 3.8) is 0 Å². The molecule has 1 unspecified atom stereocenters. The van der Waals surface area contributed by atoms with Crippen LogP contribution in [-0.4, -0.2) is 33.5 Å². The maximum absolute atomic E-state index is 12.2. The standard InChI is InChI=1S/C16H18N2O2/c19-9-10-8-12-11-4-1-2-5-13(11)17-16(12)14-6-3-7-15(20)18(10)14/h1-2,4-5,10,14,17,19H,3,6-9H2/t10-,14?/m0/s1. The monoisotopic (exact) mass is 270 g/mol. The lowest BCUT2D eigenvalue weighted by atomic mass is 9.86. The maximum atomic E-state index is 12.2. The normalized spacial score (nSPS) is 25.6. The molecule has 1 aromatic carbocycles. The van der Waals surface area contributed by atoms with Crippen molar-refractivity contribution in [2.45, 2.75) is 37.8 Å². The maximum Gasteiger partial charge on any atom is 0.223 e. The second kappa shape index (κ2) is 4.35. The molecular weight excluding hydrogens is 252 g/mol. The average Bonchev–Trinajstić information content (AvgIpc) is 2.85. The molecule has 2 aromatic rings. The Balaban J connectivity index is 1.90. The number of aromatic nitrogens is 1. The van der Waals surface area contributed by atoms with Gasteiger partial charge in [0.2, 0.25) is 5.91 Å². The molecule has 104 valence electrons. The first-order valence-electron chi connectivity index (χ1n) is 7.31. The lowest BCUT2D eigenvalue weighted by Gasteiger charge is -2.44. The smallest absolute Gasteiger partial charge is 0.223 e. The third-order valence-corrected chi connectivity index (χ3v) is 4.72. The number of carbonyl (C=O) groups is 1. The lowest BCUT2D eigenvalue weighted by Crippen LogP contribution is -2.50. The number of para-hydroxylation sites is 1. The highest BCUT2D eigenvalue weighted by atomic mass is 16.3. The first-order chi connectivity index (χ1) is 9.79. The lowest BCUT2D eigenvalue weighted by molar-refractivity contribution is -0.141. The Morgan fingerprint density at radius 1 is 1.35 bits per heavy atom. The summed E-state index contributed by atoms with van der Waals surface area (Å²) < 4.78 is 0. The summed E-state index contributed by atoms with van der Waals surface area (Å²) in [4.78, 5) is 17.6. The zero-order chi connectivity index (χ0) is 13.7. The fourth-order valence-electron chi connectivity index (χ4n) is 3.84. The van der Waals surface area contributed by atoms with Gasteiger partial charge in [-0.1, -0.05) is 18.2 Å². The molecule has 1 aromatic heterocycles. The van der Waals surface area contributed by atoms with E-state index in [0.29, 0.717) is 6.42 Å². The summed E-state index contributed by atoms with van der Waals surface area (Å²) in [6.45, 7) is 0.0428. The Hall–Kier alpha value is -1.81. The van der Waals surface area contributed by atoms with Gasteiger partial charge < -0.3 is 15.0 Å². The van der Waals surface area contributed by atoms with Gasteiger partial charge in [-0.05, 0) is 30.9 Å². The Kier molecular flexibility index (Phi) is 2.60. The fraction of sp³-hybridized carbons (Fsp3) is 0.438. The van der Waals surface area contributed by atoms with Crippen molar-refractivity contribution in [2.75, 3.05) is 6.61 Å². The molecule has 0 aliphatic carbocycles. The molecule has 3 heterocycles. The molecule has 4 rings (SSSR count). The van der Waals surface area contributed by atoms with Gasteiger partial charge in [0.15, 0.2) is 0 Å². The second-order valence-corrected chi connectivity index (χ2v) is 5.81. The van der Waals surface area contributed by atoms with Crippen molar-refractivity contribution in [1.29, 1.82) is 0 Å². The predicted molar refractivity (Wildman–Crippen MR) is 76.3 cm³/mol. The largest absolute Gasteiger partial charge is 0.394 e. The van der Waals surface area contributed by atoms with Gasteiger partial charge in [0.05, 0.1) is 18.7 Å². The number of aliphatic hydroxyl groups is 1. The van der Waals surface area contributed by atoms with Crippen LogP contribution >= 0.6 is 0 Å². The number of aromatic amines is 1. The summed E-state index contributed by atoms with van der Waals surface area (Å²) in [7, 11) is 0. The highest BCUT2D eigenvalue weighted by Gasteiger charge is 2.40. The van der Waals surface area contributed by atoms with Crippen molar-refractivity contribution in [3.8, 4) is 0 Å². The van der Waals surface area contributed by atoms with Crippen molar-refractivity contribution in [1.82, 2.24) is 9.88 Å². The van der Waals surface area contributed by atoms with Gasteiger partial charge in [0.1, 0.15) is 0 Å². The van der Waals surface area contributed by atoms with E-state index >= 15 is 0 Å². The second-order valence-electron chi connectivity index (χ2n) is 5.81. The molecule has 0 saturated carbocycles. The number of nitrogens with zero attached hydrogens (tertiary/aromatic N) is 1. The van der Waals surface area contributed by atoms with Crippen LogP contribution in [0.5, 0.6) is 0 Å². The van der Waals surface area contributed by atoms with E-state index < -0.39 is 0 Å². The molecule has 4 heteroatoms. The number of benzene rings is 1. The molecule has 1 amide bonds. The zero-order valence-electron chi connectivity index (χ0n) is 11.3. The number of H-pyrrole nitrogens is 1. The van der Waals surface area contributed by atoms with Gasteiger partial charge in [-0.3, -0.25) is 4.79 Å². The van der Waals surface area contributed by atoms with Crippen LogP contribution in [0.4, 0.5) is 0 Å². The summed E-state index contributed by atoms with van der Waals surface area (Å²) in [5.74, 6) is 0.185. The minimum atomic E-state index is -0.0699. The molecule has 0 bridgehead atoms. The molecule has 0 radical (unpaired) electrons. The topological polar surface area (TPSA) is 56.3 Å². The quantitative estimate of drug-likeness (QED) is 0.834. The predicted octanol–water partition coefficient (Wildman–Crippen LogP) is 2.14. The molecule has 1 saturated heterocycles. The van der Waals surface area contributed by atoms with Crippen molar-refractivity contribution in [2.24, 2.45) is 0 Å². The van der Waals surface area contributed by atoms with Gasteiger partial charge in [0.25, 0.3) is 0 Å². The van der Waals surface area contributed by atoms with Crippen LogP contribution in [0.15, 0.2) is 24.3 Å². The van der Waals surface area contributed by atoms with Gasteiger partial charge >= 0.3 is 0 Å². The summed E-state index contributed by atoms with van der Waals surface area (Å²) >= 11 is 0. The molecule has 4 nitrogen and oxygen atoms in total. The molecule has 2 aliphatic rings. The van der Waals surface area contributed by atoms with E-state index in [1.54, 1.807) is 0 Å². The molecule has 20 heavy (non-hydrogen) atoms. The first-order valence-corrected chi connectivity index (χ1v) is 7.31. The first kappa shape index (κ1) is 12.0. The van der Waals surface area contributed by atoms with E-state index in [4.69, 9.17) is 0 Å². The number of fused-ring (bicyclic) bond motifs is 5. The Bertz CT molecular complexity index is 676. The number of hydrogen-bond acceptors (Lipinski definition) is 2. The molecular formula is C16H18N2O2. The van der Waals surface area contributed by atoms with Crippen LogP contribution in [0.2, 0.25) is 0 Å². The van der Waals surface area contributed by atoms with Gasteiger partial charge in [0, 0.05) is 23.0 Å². The van der Waals surface area contributed by atoms with E-state index in [-0.39, 0.29) is 24.6 Å². The van der Waals surface area contributed by atoms with Gasteiger partial charge in [-0.15, -0.1) is 0 Å². The Morgan fingerprint density at radius 3 is 3.05 bits per heavy atom. The molecule has 1 fully saturated rings. The van der Waals surface area contributed by atoms with Crippen molar-refractivity contribution in [3.05, 3.63) is 35.5 Å². The molecule has 2 aliphatic heterocycles. The van der Waals surface area contributed by atoms with Crippen molar-refractivity contribution < 1.29 is 9.90 Å². The van der Waals surface area contributed by atoms with Crippen LogP contribution in [0.1, 0.15) is 36.6 Å². The number of piperidine rings is 1. The SMILES string of the molecule is O=C1CCCC2c3[nH]c4ccccc4c3C[C@@H](CO)N12. The third kappa shape index (κ3) is 1.54. The summed E-state index contributed by atoms with van der Waals surface area (Å²) in [5.41, 5.74) is 3.61. The van der Waals surface area contributed by atoms with Crippen LogP contribution in [0, 0.1) is 0 Å². The minimum absolute atomic E-state index is 0.0428. The number of nitrogens with one attached hydrogen (secondary N) is 1. The summed E-state index contributed by atoms with van der Waals surface area (Å²) in [5, 5.41) is 10.9. The van der Waals surface area contributed by atoms with E-state index in [1.165, 1.54) is 16.6 Å². The van der Waals surface area contributed by atoms with Crippen LogP contribution in [0.3, 0.4) is 0 Å². The highest BCUT2D eigenvalue weighted by Crippen LogP contribution is 2.41. The van der Waals surface area contributed by atoms with E-state index in [1.807, 2.05) is 17.0 Å². The zero-order valence-corrected chi connectivity index (χ0v) is 11.3. The number of amides is 1. The Morgan fingerprint density at radius 2 is 2.20 bits per heavy atom. The number of rotatable bonds is 1. The van der Waals surface area contributed by atoms with E-state index in [0.717, 1.165) is 24.8 Å². The summed E-state index contributed by atoms with van der Waals surface area (Å²) in [6, 6.07) is 8.32. The fourth-order valence-corrected chi connectivity index (χ4v) is 3.84. The summed E-state index contributed by atoms with van der Waals surface area (Å²) in [6.07, 6.45) is 3.29. The van der Waals surface area contributed by atoms with E-state index in [2.05, 4.69) is 17.1 Å². The van der Waals surface area contributed by atoms with Gasteiger partial charge in [-0.25, -0.2) is 0 Å². The number of aliphatic hydroxyl groups excluding tert-OH is 1. The van der Waals surface area contributed by atoms with Crippen molar-refractivity contribution >= 4 is 16.8 Å².